The molecule has 208 valence electrons. The number of amides is 1. The molecule has 0 spiro atoms. The highest BCUT2D eigenvalue weighted by Crippen LogP contribution is 2.37. The zero-order valence-corrected chi connectivity index (χ0v) is 24.1. The Kier molecular flexibility index (Phi) is 6.84. The summed E-state index contributed by atoms with van der Waals surface area (Å²) < 4.78 is 24.8. The summed E-state index contributed by atoms with van der Waals surface area (Å²) >= 11 is 1.35. The Balaban J connectivity index is 1.25. The zero-order valence-electron chi connectivity index (χ0n) is 23.3. The molecule has 1 amide bonds. The van der Waals surface area contributed by atoms with E-state index in [1.165, 1.54) is 11.3 Å². The van der Waals surface area contributed by atoms with E-state index in [-0.39, 0.29) is 12.5 Å². The number of furan rings is 1. The molecule has 0 saturated heterocycles. The van der Waals surface area contributed by atoms with Crippen molar-refractivity contribution in [3.05, 3.63) is 89.1 Å². The van der Waals surface area contributed by atoms with Crippen LogP contribution in [0.5, 0.6) is 16.7 Å². The van der Waals surface area contributed by atoms with Crippen molar-refractivity contribution in [2.75, 3.05) is 26.2 Å². The van der Waals surface area contributed by atoms with Gasteiger partial charge in [0.15, 0.2) is 5.76 Å². The van der Waals surface area contributed by atoms with Crippen LogP contribution in [-0.4, -0.2) is 41.8 Å². The first-order valence-corrected chi connectivity index (χ1v) is 13.7. The third-order valence-electron chi connectivity index (χ3n) is 6.73. The van der Waals surface area contributed by atoms with Crippen LogP contribution >= 0.6 is 11.3 Å². The van der Waals surface area contributed by atoms with Crippen molar-refractivity contribution in [2.45, 2.75) is 20.5 Å². The minimum atomic E-state index is -0.0666. The fourth-order valence-electron chi connectivity index (χ4n) is 4.75. The average molecular weight is 569 g/mol. The number of aromatic nitrogens is 3. The molecule has 0 aliphatic rings. The molecule has 6 aromatic rings. The summed E-state index contributed by atoms with van der Waals surface area (Å²) in [6.45, 7) is 4.27. The maximum atomic E-state index is 13.2. The standard InChI is InChI=1S/C31H28N4O5S/c1-18-9-19(2)11-21(10-18)29(36)34(3)22-8-6-7-20(12-22)17-39-26-13-23(37-4)14-27-24(26)15-28(40-27)25-16-35-30(32-25)41-31(33-35)38-5/h6-16H,17H2,1-5H3. The van der Waals surface area contributed by atoms with Crippen LogP contribution in [0.15, 0.2) is 71.3 Å². The largest absolute Gasteiger partial charge is 0.496 e. The van der Waals surface area contributed by atoms with Crippen LogP contribution < -0.4 is 19.1 Å². The predicted molar refractivity (Wildman–Crippen MR) is 159 cm³/mol. The van der Waals surface area contributed by atoms with E-state index in [0.717, 1.165) is 27.8 Å². The predicted octanol–water partition coefficient (Wildman–Crippen LogP) is 6.69. The molecule has 0 bridgehead atoms. The fraction of sp³-hybridized carbons (Fsp3) is 0.194. The van der Waals surface area contributed by atoms with E-state index in [0.29, 0.717) is 44.3 Å². The smallest absolute Gasteiger partial charge is 0.294 e. The molecular weight excluding hydrogens is 540 g/mol. The zero-order chi connectivity index (χ0) is 28.7. The Morgan fingerprint density at radius 1 is 1.02 bits per heavy atom. The second kappa shape index (κ2) is 10.6. The maximum Gasteiger partial charge on any atom is 0.294 e. The van der Waals surface area contributed by atoms with Crippen LogP contribution in [0.2, 0.25) is 0 Å². The van der Waals surface area contributed by atoms with Gasteiger partial charge in [0, 0.05) is 30.4 Å². The van der Waals surface area contributed by atoms with Crippen LogP contribution in [0.4, 0.5) is 5.69 Å². The lowest BCUT2D eigenvalue weighted by Gasteiger charge is -2.19. The molecule has 0 unspecified atom stereocenters. The van der Waals surface area contributed by atoms with Crippen LogP contribution in [0.25, 0.3) is 27.4 Å². The Morgan fingerprint density at radius 2 is 1.83 bits per heavy atom. The number of rotatable bonds is 8. The Hall–Kier alpha value is -4.83. The summed E-state index contributed by atoms with van der Waals surface area (Å²) in [5, 5.41) is 5.66. The summed E-state index contributed by atoms with van der Waals surface area (Å²) in [5.41, 5.74) is 5.73. The van der Waals surface area contributed by atoms with Gasteiger partial charge in [0.25, 0.3) is 11.1 Å². The van der Waals surface area contributed by atoms with E-state index < -0.39 is 0 Å². The molecule has 3 heterocycles. The van der Waals surface area contributed by atoms with Gasteiger partial charge >= 0.3 is 0 Å². The van der Waals surface area contributed by atoms with Crippen LogP contribution in [0, 0.1) is 13.8 Å². The normalized spacial score (nSPS) is 11.2. The van der Waals surface area contributed by atoms with Gasteiger partial charge in [-0.15, -0.1) is 5.10 Å². The number of nitrogens with zero attached hydrogens (tertiary/aromatic N) is 4. The second-order valence-corrected chi connectivity index (χ2v) is 10.7. The summed E-state index contributed by atoms with van der Waals surface area (Å²) in [6.07, 6.45) is 1.80. The minimum Gasteiger partial charge on any atom is -0.496 e. The van der Waals surface area contributed by atoms with E-state index in [4.69, 9.17) is 18.6 Å². The van der Waals surface area contributed by atoms with Crippen molar-refractivity contribution in [1.29, 1.82) is 0 Å². The Morgan fingerprint density at radius 3 is 2.56 bits per heavy atom. The highest BCUT2D eigenvalue weighted by atomic mass is 32.1. The van der Waals surface area contributed by atoms with Crippen molar-refractivity contribution < 1.29 is 23.4 Å². The van der Waals surface area contributed by atoms with Crippen LogP contribution in [0.3, 0.4) is 0 Å². The fourth-order valence-corrected chi connectivity index (χ4v) is 5.45. The number of carbonyl (C=O) groups is 1. The van der Waals surface area contributed by atoms with Gasteiger partial charge in [0.1, 0.15) is 29.4 Å². The number of benzene rings is 3. The highest BCUT2D eigenvalue weighted by Gasteiger charge is 2.18. The van der Waals surface area contributed by atoms with E-state index in [9.17, 15) is 4.79 Å². The third kappa shape index (κ3) is 5.21. The van der Waals surface area contributed by atoms with Gasteiger partial charge in [-0.1, -0.05) is 29.3 Å². The second-order valence-electron chi connectivity index (χ2n) is 9.77. The van der Waals surface area contributed by atoms with Crippen LogP contribution in [0.1, 0.15) is 27.0 Å². The van der Waals surface area contributed by atoms with E-state index in [2.05, 4.69) is 16.1 Å². The van der Waals surface area contributed by atoms with Gasteiger partial charge in [0.05, 0.1) is 25.8 Å². The lowest BCUT2D eigenvalue weighted by atomic mass is 10.1. The van der Waals surface area contributed by atoms with Gasteiger partial charge in [-0.2, -0.15) is 0 Å². The minimum absolute atomic E-state index is 0.0666. The van der Waals surface area contributed by atoms with Gasteiger partial charge in [-0.25, -0.2) is 9.50 Å². The van der Waals surface area contributed by atoms with Crippen molar-refractivity contribution in [3.63, 3.8) is 0 Å². The number of hydrogen-bond donors (Lipinski definition) is 0. The lowest BCUT2D eigenvalue weighted by Crippen LogP contribution is -2.26. The monoisotopic (exact) mass is 568 g/mol. The quantitative estimate of drug-likeness (QED) is 0.202. The van der Waals surface area contributed by atoms with Crippen molar-refractivity contribution in [2.24, 2.45) is 0 Å². The molecule has 0 saturated carbocycles. The number of imidazole rings is 1. The first-order valence-electron chi connectivity index (χ1n) is 12.9. The lowest BCUT2D eigenvalue weighted by molar-refractivity contribution is 0.0993. The average Bonchev–Trinajstić information content (AvgIpc) is 3.67. The first-order chi connectivity index (χ1) is 19.8. The van der Waals surface area contributed by atoms with Gasteiger partial charge in [-0.05, 0) is 61.1 Å². The van der Waals surface area contributed by atoms with E-state index >= 15 is 0 Å². The molecule has 3 aromatic heterocycles. The SMILES string of the molecule is COc1cc(OCc2cccc(N(C)C(=O)c3cc(C)cc(C)c3)c2)c2cc(-c3cn4nc(OC)sc4n3)oc2c1. The number of ether oxygens (including phenoxy) is 3. The summed E-state index contributed by atoms with van der Waals surface area (Å²) in [7, 11) is 4.96. The number of anilines is 1. The molecule has 0 radical (unpaired) electrons. The summed E-state index contributed by atoms with van der Waals surface area (Å²) in [6, 6.07) is 19.2. The molecule has 9 nitrogen and oxygen atoms in total. The molecule has 6 rings (SSSR count). The van der Waals surface area contributed by atoms with Gasteiger partial charge in [-0.3, -0.25) is 4.79 Å². The molecular formula is C31H28N4O5S. The number of hydrogen-bond acceptors (Lipinski definition) is 8. The molecule has 0 aliphatic carbocycles. The van der Waals surface area contributed by atoms with Crippen molar-refractivity contribution >= 4 is 38.9 Å². The first kappa shape index (κ1) is 26.4. The Bertz CT molecular complexity index is 1850. The van der Waals surface area contributed by atoms with E-state index in [1.807, 2.05) is 68.4 Å². The molecule has 0 fully saturated rings. The molecule has 3 aromatic carbocycles. The number of aryl methyl sites for hydroxylation is 2. The topological polar surface area (TPSA) is 91.3 Å². The van der Waals surface area contributed by atoms with E-state index in [1.54, 1.807) is 36.9 Å². The molecule has 0 N–H and O–H groups in total. The third-order valence-corrected chi connectivity index (χ3v) is 7.61. The summed E-state index contributed by atoms with van der Waals surface area (Å²) in [4.78, 5) is 20.2. The van der Waals surface area contributed by atoms with Gasteiger partial charge < -0.3 is 23.5 Å². The van der Waals surface area contributed by atoms with Crippen molar-refractivity contribution in [3.8, 4) is 28.1 Å². The molecule has 0 atom stereocenters. The van der Waals surface area contributed by atoms with Gasteiger partial charge in [0.2, 0.25) is 4.96 Å². The molecule has 41 heavy (non-hydrogen) atoms. The number of methoxy groups -OCH3 is 2. The van der Waals surface area contributed by atoms with Crippen molar-refractivity contribution in [1.82, 2.24) is 14.6 Å². The molecule has 10 heteroatoms. The number of carbonyl (C=O) groups excluding carboxylic acids is 1. The maximum absolute atomic E-state index is 13.2. The Labute approximate surface area is 240 Å². The highest BCUT2D eigenvalue weighted by molar-refractivity contribution is 7.18. The summed E-state index contributed by atoms with van der Waals surface area (Å²) in [5.74, 6) is 1.74. The number of fused-ring (bicyclic) bond motifs is 2. The molecule has 0 aliphatic heterocycles. The van der Waals surface area contributed by atoms with Crippen LogP contribution in [-0.2, 0) is 6.61 Å².